The molecule has 0 aromatic rings. The third-order valence-corrected chi connectivity index (χ3v) is 15.0. The molecule has 0 saturated carbocycles. The van der Waals surface area contributed by atoms with Gasteiger partial charge in [-0.3, -0.25) is 14.4 Å². The van der Waals surface area contributed by atoms with Crippen LogP contribution in [0.25, 0.3) is 0 Å². The van der Waals surface area contributed by atoms with Gasteiger partial charge in [-0.05, 0) is 44.9 Å². The SMILES string of the molecule is CCCCCCCCCC/C=C\CCCCCCCCCCCCCCCCCCCC(=O)OCC(COC(=O)CCCCCCCCCCCCC)OC(=O)CCCCCCCCCCCCCCCC. The first-order chi connectivity index (χ1) is 35.5. The molecule has 0 aliphatic rings. The fourth-order valence-corrected chi connectivity index (χ4v) is 10.1. The molecule has 0 radical (unpaired) electrons. The van der Waals surface area contributed by atoms with Crippen molar-refractivity contribution in [1.29, 1.82) is 0 Å². The van der Waals surface area contributed by atoms with Crippen LogP contribution in [0.5, 0.6) is 0 Å². The summed E-state index contributed by atoms with van der Waals surface area (Å²) in [4.78, 5) is 38.2. The lowest BCUT2D eigenvalue weighted by Gasteiger charge is -2.18. The van der Waals surface area contributed by atoms with E-state index in [9.17, 15) is 14.4 Å². The summed E-state index contributed by atoms with van der Waals surface area (Å²) < 4.78 is 16.9. The fraction of sp³-hybridized carbons (Fsp3) is 0.924. The molecule has 0 bridgehead atoms. The van der Waals surface area contributed by atoms with E-state index in [-0.39, 0.29) is 31.1 Å². The van der Waals surface area contributed by atoms with E-state index in [0.717, 1.165) is 57.8 Å². The number of ether oxygens (including phenoxy) is 3. The summed E-state index contributed by atoms with van der Waals surface area (Å²) in [7, 11) is 0. The van der Waals surface area contributed by atoms with Gasteiger partial charge in [-0.15, -0.1) is 0 Å². The quantitative estimate of drug-likeness (QED) is 0.0261. The Hall–Kier alpha value is -1.85. The van der Waals surface area contributed by atoms with Crippen molar-refractivity contribution in [3.63, 3.8) is 0 Å². The van der Waals surface area contributed by atoms with E-state index in [0.29, 0.717) is 19.3 Å². The fourth-order valence-electron chi connectivity index (χ4n) is 10.1. The summed E-state index contributed by atoms with van der Waals surface area (Å²) in [5, 5.41) is 0. The van der Waals surface area contributed by atoms with E-state index < -0.39 is 6.10 Å². The van der Waals surface area contributed by atoms with Crippen molar-refractivity contribution < 1.29 is 28.6 Å². The Labute approximate surface area is 450 Å². The van der Waals surface area contributed by atoms with Crippen LogP contribution in [0.1, 0.15) is 374 Å². The lowest BCUT2D eigenvalue weighted by Crippen LogP contribution is -2.30. The number of allylic oxidation sites excluding steroid dienone is 2. The third-order valence-electron chi connectivity index (χ3n) is 15.0. The molecule has 0 spiro atoms. The van der Waals surface area contributed by atoms with E-state index in [2.05, 4.69) is 32.9 Å². The van der Waals surface area contributed by atoms with Gasteiger partial charge in [0.15, 0.2) is 6.10 Å². The second-order valence-electron chi connectivity index (χ2n) is 22.4. The molecule has 426 valence electrons. The Bertz CT molecular complexity index is 1120. The lowest BCUT2D eigenvalue weighted by molar-refractivity contribution is -0.167. The lowest BCUT2D eigenvalue weighted by atomic mass is 10.0. The molecule has 0 rings (SSSR count). The molecule has 0 N–H and O–H groups in total. The third kappa shape index (κ3) is 59.0. The van der Waals surface area contributed by atoms with Crippen molar-refractivity contribution in [3.05, 3.63) is 12.2 Å². The second kappa shape index (κ2) is 61.7. The minimum Gasteiger partial charge on any atom is -0.462 e. The average Bonchev–Trinajstić information content (AvgIpc) is 3.38. The summed E-state index contributed by atoms with van der Waals surface area (Å²) in [6.45, 7) is 6.70. The molecule has 1 atom stereocenters. The zero-order chi connectivity index (χ0) is 52.2. The number of unbranched alkanes of at least 4 members (excludes halogenated alkanes) is 48. The van der Waals surface area contributed by atoms with E-state index in [4.69, 9.17) is 14.2 Å². The van der Waals surface area contributed by atoms with Gasteiger partial charge in [-0.1, -0.05) is 322 Å². The molecule has 0 heterocycles. The second-order valence-corrected chi connectivity index (χ2v) is 22.4. The van der Waals surface area contributed by atoms with Gasteiger partial charge >= 0.3 is 17.9 Å². The maximum absolute atomic E-state index is 12.9. The normalized spacial score (nSPS) is 12.0. The highest BCUT2D eigenvalue weighted by Crippen LogP contribution is 2.18. The van der Waals surface area contributed by atoms with Gasteiger partial charge in [0.1, 0.15) is 13.2 Å². The Balaban J connectivity index is 4.08. The first-order valence-electron chi connectivity index (χ1n) is 32.7. The molecule has 0 saturated heterocycles. The van der Waals surface area contributed by atoms with Crippen LogP contribution < -0.4 is 0 Å². The van der Waals surface area contributed by atoms with Crippen LogP contribution in [0.2, 0.25) is 0 Å². The number of carbonyl (C=O) groups is 3. The molecule has 0 fully saturated rings. The molecule has 0 aromatic carbocycles. The van der Waals surface area contributed by atoms with Crippen LogP contribution in [0.4, 0.5) is 0 Å². The molecule has 0 aliphatic carbocycles. The highest BCUT2D eigenvalue weighted by Gasteiger charge is 2.19. The van der Waals surface area contributed by atoms with Crippen LogP contribution >= 0.6 is 0 Å². The summed E-state index contributed by atoms with van der Waals surface area (Å²) in [5.41, 5.74) is 0. The molecular formula is C66H126O6. The number of esters is 3. The van der Waals surface area contributed by atoms with Gasteiger partial charge in [-0.25, -0.2) is 0 Å². The molecule has 6 heteroatoms. The predicted octanol–water partition coefficient (Wildman–Crippen LogP) is 22.1. The van der Waals surface area contributed by atoms with Crippen molar-refractivity contribution in [1.82, 2.24) is 0 Å². The van der Waals surface area contributed by atoms with E-state index in [1.807, 2.05) is 0 Å². The zero-order valence-electron chi connectivity index (χ0n) is 49.0. The Morgan fingerprint density at radius 3 is 0.694 bits per heavy atom. The number of hydrogen-bond donors (Lipinski definition) is 0. The van der Waals surface area contributed by atoms with Crippen molar-refractivity contribution in [3.8, 4) is 0 Å². The monoisotopic (exact) mass is 1010 g/mol. The Morgan fingerprint density at radius 1 is 0.264 bits per heavy atom. The van der Waals surface area contributed by atoms with Crippen molar-refractivity contribution in [2.45, 2.75) is 380 Å². The highest BCUT2D eigenvalue weighted by atomic mass is 16.6. The van der Waals surface area contributed by atoms with E-state index in [1.165, 1.54) is 276 Å². The van der Waals surface area contributed by atoms with Crippen molar-refractivity contribution >= 4 is 17.9 Å². The van der Waals surface area contributed by atoms with Crippen LogP contribution in [0, 0.1) is 0 Å². The number of hydrogen-bond acceptors (Lipinski definition) is 6. The first kappa shape index (κ1) is 70.1. The average molecular weight is 1020 g/mol. The van der Waals surface area contributed by atoms with E-state index in [1.54, 1.807) is 0 Å². The van der Waals surface area contributed by atoms with Gasteiger partial charge in [0.05, 0.1) is 0 Å². The minimum atomic E-state index is -0.763. The molecule has 0 aromatic heterocycles. The van der Waals surface area contributed by atoms with Gasteiger partial charge < -0.3 is 14.2 Å². The number of carbonyl (C=O) groups excluding carboxylic acids is 3. The molecule has 0 aliphatic heterocycles. The summed E-state index contributed by atoms with van der Waals surface area (Å²) >= 11 is 0. The molecule has 6 nitrogen and oxygen atoms in total. The summed E-state index contributed by atoms with van der Waals surface area (Å²) in [5.74, 6) is -0.835. The molecule has 72 heavy (non-hydrogen) atoms. The predicted molar refractivity (Wildman–Crippen MR) is 312 cm³/mol. The van der Waals surface area contributed by atoms with Crippen LogP contribution in [-0.2, 0) is 28.6 Å². The van der Waals surface area contributed by atoms with Gasteiger partial charge in [-0.2, -0.15) is 0 Å². The molecule has 1 unspecified atom stereocenters. The Morgan fingerprint density at radius 2 is 0.458 bits per heavy atom. The summed E-state index contributed by atoms with van der Waals surface area (Å²) in [6, 6.07) is 0. The summed E-state index contributed by atoms with van der Waals surface area (Å²) in [6.07, 6.45) is 72.4. The van der Waals surface area contributed by atoms with Gasteiger partial charge in [0.25, 0.3) is 0 Å². The molecular weight excluding hydrogens is 889 g/mol. The molecule has 0 amide bonds. The van der Waals surface area contributed by atoms with Crippen molar-refractivity contribution in [2.24, 2.45) is 0 Å². The van der Waals surface area contributed by atoms with Crippen molar-refractivity contribution in [2.75, 3.05) is 13.2 Å². The van der Waals surface area contributed by atoms with Gasteiger partial charge in [0, 0.05) is 19.3 Å². The first-order valence-corrected chi connectivity index (χ1v) is 32.7. The van der Waals surface area contributed by atoms with Crippen LogP contribution in [0.3, 0.4) is 0 Å². The Kier molecular flexibility index (Phi) is 60.1. The van der Waals surface area contributed by atoms with E-state index >= 15 is 0 Å². The topological polar surface area (TPSA) is 78.9 Å². The minimum absolute atomic E-state index is 0.0627. The zero-order valence-corrected chi connectivity index (χ0v) is 49.0. The maximum atomic E-state index is 12.9. The largest absolute Gasteiger partial charge is 0.462 e. The van der Waals surface area contributed by atoms with Crippen LogP contribution in [0.15, 0.2) is 12.2 Å². The van der Waals surface area contributed by atoms with Crippen LogP contribution in [-0.4, -0.2) is 37.2 Å². The highest BCUT2D eigenvalue weighted by molar-refractivity contribution is 5.71. The number of rotatable bonds is 61. The van der Waals surface area contributed by atoms with Gasteiger partial charge in [0.2, 0.25) is 0 Å². The standard InChI is InChI=1S/C66H126O6/c1-4-7-10-13-16-19-22-24-26-27-28-29-30-31-32-33-34-35-36-37-38-39-40-42-44-47-50-53-56-59-65(68)71-62-63(61-70-64(67)58-55-52-49-46-43-21-18-15-12-9-6-3)72-66(69)60-57-54-51-48-45-41-25-23-20-17-14-11-8-5-2/h27-28,63H,4-26,29-62H2,1-3H3/b28-27-. The smallest absolute Gasteiger partial charge is 0.306 e. The maximum Gasteiger partial charge on any atom is 0.306 e.